The lowest BCUT2D eigenvalue weighted by atomic mass is 9.94. The predicted octanol–water partition coefficient (Wildman–Crippen LogP) is 13.4. The van der Waals surface area contributed by atoms with Gasteiger partial charge in [-0.05, 0) is 77.0 Å². The maximum absolute atomic E-state index is 12.7. The summed E-state index contributed by atoms with van der Waals surface area (Å²) in [6, 6.07) is 0. The lowest BCUT2D eigenvalue weighted by molar-refractivity contribution is -0.400. The molecule has 1 N–H and O–H groups in total. The Bertz CT molecular complexity index is 1800. The Morgan fingerprint density at radius 1 is 0.260 bits per heavy atom. The van der Waals surface area contributed by atoms with E-state index in [-0.39, 0.29) is 33.0 Å². The fourth-order valence-corrected chi connectivity index (χ4v) is 11.9. The minimum Gasteiger partial charge on any atom is -0.385 e. The number of hydrogen-bond donors (Lipinski definition) is 1. The number of ether oxygens (including phenoxy) is 20. The van der Waals surface area contributed by atoms with Crippen LogP contribution in [0, 0.1) is 0 Å². The second kappa shape index (κ2) is 55.4. The molecule has 0 amide bonds. The maximum atomic E-state index is 12.7. The van der Waals surface area contributed by atoms with Crippen molar-refractivity contribution in [1.29, 1.82) is 0 Å². The van der Waals surface area contributed by atoms with Crippen molar-refractivity contribution in [3.8, 4) is 0 Å². The minimum absolute atomic E-state index is 0.101. The molecule has 96 heavy (non-hydrogen) atoms. The third-order valence-electron chi connectivity index (χ3n) is 17.8. The molecule has 0 aromatic heterocycles. The average molecular weight is 1380 g/mol. The van der Waals surface area contributed by atoms with Gasteiger partial charge in [-0.1, -0.05) is 166 Å². The molecule has 21 heteroatoms. The zero-order valence-electron chi connectivity index (χ0n) is 62.4. The first-order valence-electron chi connectivity index (χ1n) is 38.9. The van der Waals surface area contributed by atoms with Crippen LogP contribution >= 0.6 is 0 Å². The lowest BCUT2D eigenvalue weighted by Crippen LogP contribution is -2.69. The van der Waals surface area contributed by atoms with Crippen LogP contribution in [0.15, 0.2) is 12.7 Å². The maximum Gasteiger partial charge on any atom is 0.187 e. The monoisotopic (exact) mass is 1380 g/mol. The Kier molecular flexibility index (Phi) is 50.4. The number of rotatable bonds is 61. The SMILES string of the molecule is C=CCO[C@H]1OC(CO[C@@H]2OC(COCCCC)[C@@H](OCCCC)C(OCCCC)C2O)[C@@H](O[C@@H]2OC(COCCCC)[C@@H](OCCCC)C(OCCCC)C2OCCCC)C(O[C@@H]2OC(COCCCC)[C@@H](OCCCC)C(OCCCC)C2OCCCC)C1OCCCC. The molecule has 0 saturated carbocycles. The zero-order chi connectivity index (χ0) is 69.4. The van der Waals surface area contributed by atoms with Gasteiger partial charge in [-0.3, -0.25) is 0 Å². The standard InChI is InChI=1S/C75H142O21/c1-14-27-40-77-52-56-61(80-43-30-17-4)65(83-46-33-20-7)60(76)72(91-56)90-55-59-64(95-74-69(86-49-36-23-10)66(84-47-34-21-8)62(81-44-31-18-5)57(93-74)53-78-41-28-15-2)68(71(88-51-38-25-12)73(92-59)89-39-26-13)96-75-70(87-50-37-24-11)67(85-48-35-22-9)63(82-45-32-19-6)58(94-75)54-79-42-29-16-3/h26,56-76H,13-25,27-55H2,1-12H3/t56?,57?,58?,59?,60?,61-,62-,63-,64-,65?,66?,67?,68?,69?,70?,71?,72-,73+,74+,75+/m1/s1. The number of aliphatic hydroxyl groups is 1. The summed E-state index contributed by atoms with van der Waals surface area (Å²) in [6.45, 7) is 35.7. The quantitative estimate of drug-likeness (QED) is 0.0444. The number of aliphatic hydroxyl groups excluding tert-OH is 1. The number of hydrogen-bond acceptors (Lipinski definition) is 21. The van der Waals surface area contributed by atoms with E-state index >= 15 is 0 Å². The van der Waals surface area contributed by atoms with E-state index in [1.165, 1.54) is 0 Å². The van der Waals surface area contributed by atoms with Crippen molar-refractivity contribution < 1.29 is 99.8 Å². The molecule has 4 fully saturated rings. The summed E-state index contributed by atoms with van der Waals surface area (Å²) in [5, 5.41) is 12.7. The number of unbranched alkanes of at least 4 members (excludes halogenated alkanes) is 12. The van der Waals surface area contributed by atoms with Crippen molar-refractivity contribution in [3.05, 3.63) is 12.7 Å². The van der Waals surface area contributed by atoms with Crippen molar-refractivity contribution in [2.24, 2.45) is 0 Å². The van der Waals surface area contributed by atoms with Gasteiger partial charge in [0, 0.05) is 79.3 Å². The fourth-order valence-electron chi connectivity index (χ4n) is 11.9. The van der Waals surface area contributed by atoms with Crippen LogP contribution in [0.2, 0.25) is 0 Å². The lowest BCUT2D eigenvalue weighted by Gasteiger charge is -2.52. The molecule has 4 aliphatic heterocycles. The average Bonchev–Trinajstić information content (AvgIpc) is 0.776. The van der Waals surface area contributed by atoms with E-state index in [9.17, 15) is 5.11 Å². The Labute approximate surface area is 582 Å². The van der Waals surface area contributed by atoms with E-state index in [1.807, 2.05) is 0 Å². The molecule has 12 unspecified atom stereocenters. The molecule has 568 valence electrons. The molecule has 20 atom stereocenters. The summed E-state index contributed by atoms with van der Waals surface area (Å²) >= 11 is 0. The normalized spacial score (nSPS) is 31.1. The molecular weight excluding hydrogens is 1240 g/mol. The van der Waals surface area contributed by atoms with E-state index in [4.69, 9.17) is 94.7 Å². The van der Waals surface area contributed by atoms with E-state index in [1.54, 1.807) is 6.08 Å². The van der Waals surface area contributed by atoms with Crippen molar-refractivity contribution >= 4 is 0 Å². The molecule has 21 nitrogen and oxygen atoms in total. The van der Waals surface area contributed by atoms with Crippen LogP contribution in [0.5, 0.6) is 0 Å². The Hall–Kier alpha value is -1.10. The Morgan fingerprint density at radius 2 is 0.521 bits per heavy atom. The summed E-state index contributed by atoms with van der Waals surface area (Å²) in [7, 11) is 0. The van der Waals surface area contributed by atoms with Gasteiger partial charge in [-0.15, -0.1) is 6.58 Å². The van der Waals surface area contributed by atoms with Gasteiger partial charge in [0.05, 0.1) is 33.0 Å². The third kappa shape index (κ3) is 31.1. The van der Waals surface area contributed by atoms with Crippen LogP contribution in [-0.2, 0) is 94.7 Å². The Morgan fingerprint density at radius 3 is 0.865 bits per heavy atom. The van der Waals surface area contributed by atoms with Gasteiger partial charge < -0.3 is 99.8 Å². The zero-order valence-corrected chi connectivity index (χ0v) is 62.4. The van der Waals surface area contributed by atoms with E-state index in [0.717, 1.165) is 154 Å². The predicted molar refractivity (Wildman–Crippen MR) is 372 cm³/mol. The molecule has 0 spiro atoms. The largest absolute Gasteiger partial charge is 0.385 e. The first-order chi connectivity index (χ1) is 47.1. The molecular formula is C75H142O21. The first-order valence-corrected chi connectivity index (χ1v) is 38.9. The van der Waals surface area contributed by atoms with Gasteiger partial charge in [0.25, 0.3) is 0 Å². The van der Waals surface area contributed by atoms with Gasteiger partial charge in [-0.2, -0.15) is 0 Å². The molecule has 0 aromatic carbocycles. The van der Waals surface area contributed by atoms with Crippen LogP contribution in [0.25, 0.3) is 0 Å². The molecule has 0 radical (unpaired) electrons. The highest BCUT2D eigenvalue weighted by molar-refractivity contribution is 5.01. The summed E-state index contributed by atoms with van der Waals surface area (Å²) in [5.41, 5.74) is 0. The van der Waals surface area contributed by atoms with Crippen LogP contribution in [0.1, 0.15) is 237 Å². The highest BCUT2D eigenvalue weighted by Crippen LogP contribution is 2.40. The smallest absolute Gasteiger partial charge is 0.187 e. The van der Waals surface area contributed by atoms with Crippen molar-refractivity contribution in [1.82, 2.24) is 0 Å². The molecule has 4 heterocycles. The molecule has 0 aliphatic carbocycles. The van der Waals surface area contributed by atoms with Gasteiger partial charge in [0.2, 0.25) is 0 Å². The second-order valence-electron chi connectivity index (χ2n) is 26.3. The minimum atomic E-state index is -1.30. The topological polar surface area (TPSA) is 205 Å². The summed E-state index contributed by atoms with van der Waals surface area (Å²) in [5.74, 6) is 0. The Balaban J connectivity index is 2.09. The highest BCUT2D eigenvalue weighted by Gasteiger charge is 2.58. The molecule has 4 saturated heterocycles. The molecule has 0 aromatic rings. The van der Waals surface area contributed by atoms with E-state index < -0.39 is 123 Å². The van der Waals surface area contributed by atoms with Crippen LogP contribution in [0.4, 0.5) is 0 Å². The van der Waals surface area contributed by atoms with Gasteiger partial charge in [0.1, 0.15) is 97.7 Å². The van der Waals surface area contributed by atoms with E-state index in [2.05, 4.69) is 89.7 Å². The summed E-state index contributed by atoms with van der Waals surface area (Å²) in [6.07, 6.45) is 4.89. The van der Waals surface area contributed by atoms with Gasteiger partial charge in [0.15, 0.2) is 25.2 Å². The highest BCUT2D eigenvalue weighted by atomic mass is 16.8. The fraction of sp³-hybridized carbons (Fsp3) is 0.973. The molecule has 0 bridgehead atoms. The van der Waals surface area contributed by atoms with Crippen molar-refractivity contribution in [2.75, 3.05) is 112 Å². The van der Waals surface area contributed by atoms with Crippen molar-refractivity contribution in [2.45, 2.75) is 360 Å². The van der Waals surface area contributed by atoms with Gasteiger partial charge >= 0.3 is 0 Å². The van der Waals surface area contributed by atoms with E-state index in [0.29, 0.717) is 79.3 Å². The summed E-state index contributed by atoms with van der Waals surface area (Å²) in [4.78, 5) is 0. The molecule has 4 rings (SSSR count). The third-order valence-corrected chi connectivity index (χ3v) is 17.8. The first kappa shape index (κ1) is 87.3. The summed E-state index contributed by atoms with van der Waals surface area (Å²) < 4.78 is 140. The van der Waals surface area contributed by atoms with Crippen LogP contribution in [0.3, 0.4) is 0 Å². The molecule has 4 aliphatic rings. The second-order valence-corrected chi connectivity index (χ2v) is 26.3. The van der Waals surface area contributed by atoms with Crippen molar-refractivity contribution in [3.63, 3.8) is 0 Å². The van der Waals surface area contributed by atoms with Gasteiger partial charge in [-0.25, -0.2) is 0 Å². The van der Waals surface area contributed by atoms with Crippen LogP contribution < -0.4 is 0 Å². The van der Waals surface area contributed by atoms with Crippen LogP contribution in [-0.4, -0.2) is 240 Å².